The fraction of sp³-hybridized carbons (Fsp3) is 0.625. The van der Waals surface area contributed by atoms with E-state index in [2.05, 4.69) is 13.8 Å². The summed E-state index contributed by atoms with van der Waals surface area (Å²) in [6, 6.07) is 5.04. The Morgan fingerprint density at radius 2 is 1.89 bits per heavy atom. The van der Waals surface area contributed by atoms with Crippen molar-refractivity contribution in [2.24, 2.45) is 11.1 Å². The standard InChI is InChI=1S/C16H24FN/c1-12-10-14(17)7-6-13(12)11-16(18)9-5-4-8-15(16,2)3/h6-7,10H,4-5,8-9,11,18H2,1-3H3. The highest BCUT2D eigenvalue weighted by Crippen LogP contribution is 2.44. The van der Waals surface area contributed by atoms with Crippen LogP contribution in [-0.2, 0) is 6.42 Å². The van der Waals surface area contributed by atoms with Crippen LogP contribution in [0.4, 0.5) is 4.39 Å². The molecule has 1 atom stereocenters. The number of hydrogen-bond donors (Lipinski definition) is 1. The third-order valence-electron chi connectivity index (χ3n) is 4.83. The van der Waals surface area contributed by atoms with E-state index in [0.29, 0.717) is 0 Å². The molecule has 1 aromatic carbocycles. The molecule has 2 heteroatoms. The van der Waals surface area contributed by atoms with E-state index >= 15 is 0 Å². The van der Waals surface area contributed by atoms with Gasteiger partial charge in [0.25, 0.3) is 0 Å². The van der Waals surface area contributed by atoms with Gasteiger partial charge in [0.15, 0.2) is 0 Å². The lowest BCUT2D eigenvalue weighted by Crippen LogP contribution is -2.56. The van der Waals surface area contributed by atoms with Crippen molar-refractivity contribution in [1.29, 1.82) is 0 Å². The highest BCUT2D eigenvalue weighted by atomic mass is 19.1. The van der Waals surface area contributed by atoms with E-state index in [1.807, 2.05) is 13.0 Å². The summed E-state index contributed by atoms with van der Waals surface area (Å²) >= 11 is 0. The molecule has 0 saturated heterocycles. The molecule has 2 N–H and O–H groups in total. The minimum Gasteiger partial charge on any atom is -0.324 e. The summed E-state index contributed by atoms with van der Waals surface area (Å²) in [5.74, 6) is -0.162. The van der Waals surface area contributed by atoms with Gasteiger partial charge in [-0.05, 0) is 54.9 Å². The molecule has 0 spiro atoms. The molecule has 1 aliphatic carbocycles. The minimum atomic E-state index is -0.162. The van der Waals surface area contributed by atoms with Crippen LogP contribution in [0.2, 0.25) is 0 Å². The highest BCUT2D eigenvalue weighted by Gasteiger charge is 2.43. The average Bonchev–Trinajstić information content (AvgIpc) is 2.27. The van der Waals surface area contributed by atoms with Gasteiger partial charge in [0.1, 0.15) is 5.82 Å². The zero-order valence-electron chi connectivity index (χ0n) is 11.7. The number of aryl methyl sites for hydroxylation is 1. The smallest absolute Gasteiger partial charge is 0.123 e. The third kappa shape index (κ3) is 2.44. The third-order valence-corrected chi connectivity index (χ3v) is 4.83. The summed E-state index contributed by atoms with van der Waals surface area (Å²) in [7, 11) is 0. The highest BCUT2D eigenvalue weighted by molar-refractivity contribution is 5.29. The number of hydrogen-bond acceptors (Lipinski definition) is 1. The van der Waals surface area contributed by atoms with Gasteiger partial charge in [0, 0.05) is 5.54 Å². The Labute approximate surface area is 110 Å². The molecule has 1 aliphatic rings. The van der Waals surface area contributed by atoms with Gasteiger partial charge >= 0.3 is 0 Å². The second-order valence-electron chi connectivity index (χ2n) is 6.49. The van der Waals surface area contributed by atoms with E-state index in [0.717, 1.165) is 18.4 Å². The van der Waals surface area contributed by atoms with Crippen molar-refractivity contribution in [3.8, 4) is 0 Å². The second kappa shape index (κ2) is 4.65. The maximum absolute atomic E-state index is 13.1. The molecule has 1 saturated carbocycles. The first-order chi connectivity index (χ1) is 8.34. The van der Waals surface area contributed by atoms with Gasteiger partial charge in [-0.1, -0.05) is 32.8 Å². The predicted octanol–water partition coefficient (Wildman–Crippen LogP) is 3.97. The van der Waals surface area contributed by atoms with Crippen molar-refractivity contribution in [2.45, 2.75) is 58.4 Å². The normalized spacial score (nSPS) is 27.2. The maximum atomic E-state index is 13.1. The monoisotopic (exact) mass is 249 g/mol. The zero-order valence-corrected chi connectivity index (χ0v) is 11.7. The molecular formula is C16H24FN. The van der Waals surface area contributed by atoms with Crippen molar-refractivity contribution in [3.63, 3.8) is 0 Å². The largest absolute Gasteiger partial charge is 0.324 e. The summed E-state index contributed by atoms with van der Waals surface area (Å²) in [4.78, 5) is 0. The molecule has 0 heterocycles. The van der Waals surface area contributed by atoms with Crippen molar-refractivity contribution in [2.75, 3.05) is 0 Å². The van der Waals surface area contributed by atoms with Crippen LogP contribution in [0, 0.1) is 18.2 Å². The van der Waals surface area contributed by atoms with Gasteiger partial charge in [-0.2, -0.15) is 0 Å². The molecule has 0 amide bonds. The second-order valence-corrected chi connectivity index (χ2v) is 6.49. The van der Waals surface area contributed by atoms with E-state index in [1.165, 1.54) is 24.8 Å². The Morgan fingerprint density at radius 1 is 1.22 bits per heavy atom. The van der Waals surface area contributed by atoms with Crippen molar-refractivity contribution >= 4 is 0 Å². The van der Waals surface area contributed by atoms with Crippen LogP contribution in [0.15, 0.2) is 18.2 Å². The lowest BCUT2D eigenvalue weighted by molar-refractivity contribution is 0.0989. The number of rotatable bonds is 2. The van der Waals surface area contributed by atoms with Crippen LogP contribution in [0.5, 0.6) is 0 Å². The van der Waals surface area contributed by atoms with Crippen molar-refractivity contribution < 1.29 is 4.39 Å². The molecule has 1 aromatic rings. The quantitative estimate of drug-likeness (QED) is 0.843. The van der Waals surface area contributed by atoms with E-state index < -0.39 is 0 Å². The molecule has 100 valence electrons. The molecule has 18 heavy (non-hydrogen) atoms. The fourth-order valence-corrected chi connectivity index (χ4v) is 3.12. The van der Waals surface area contributed by atoms with Gasteiger partial charge in [-0.3, -0.25) is 0 Å². The predicted molar refractivity (Wildman–Crippen MR) is 74.0 cm³/mol. The van der Waals surface area contributed by atoms with Crippen LogP contribution in [0.25, 0.3) is 0 Å². The van der Waals surface area contributed by atoms with Crippen LogP contribution < -0.4 is 5.73 Å². The first-order valence-electron chi connectivity index (χ1n) is 6.88. The SMILES string of the molecule is Cc1cc(F)ccc1CC1(N)CCCCC1(C)C. The molecule has 0 bridgehead atoms. The molecule has 1 nitrogen and oxygen atoms in total. The Hall–Kier alpha value is -0.890. The van der Waals surface area contributed by atoms with Crippen LogP contribution in [0.3, 0.4) is 0 Å². The molecular weight excluding hydrogens is 225 g/mol. The Balaban J connectivity index is 2.26. The summed E-state index contributed by atoms with van der Waals surface area (Å²) in [6.45, 7) is 6.51. The van der Waals surface area contributed by atoms with Crippen molar-refractivity contribution in [1.82, 2.24) is 0 Å². The van der Waals surface area contributed by atoms with Gasteiger partial charge in [-0.25, -0.2) is 4.39 Å². The van der Waals surface area contributed by atoms with Crippen LogP contribution >= 0.6 is 0 Å². The summed E-state index contributed by atoms with van der Waals surface area (Å²) in [6.07, 6.45) is 5.58. The molecule has 0 aliphatic heterocycles. The number of benzene rings is 1. The lowest BCUT2D eigenvalue weighted by atomic mass is 9.61. The zero-order chi connectivity index (χ0) is 13.4. The van der Waals surface area contributed by atoms with Gasteiger partial charge in [0.2, 0.25) is 0 Å². The summed E-state index contributed by atoms with van der Waals surface area (Å²) < 4.78 is 13.1. The summed E-state index contributed by atoms with van der Waals surface area (Å²) in [5, 5.41) is 0. The fourth-order valence-electron chi connectivity index (χ4n) is 3.12. The molecule has 1 unspecified atom stereocenters. The minimum absolute atomic E-state index is 0.159. The van der Waals surface area contributed by atoms with Gasteiger partial charge < -0.3 is 5.73 Å². The summed E-state index contributed by atoms with van der Waals surface area (Å²) in [5.41, 5.74) is 8.89. The molecule has 0 radical (unpaired) electrons. The lowest BCUT2D eigenvalue weighted by Gasteiger charge is -2.48. The Bertz CT molecular complexity index is 439. The Kier molecular flexibility index (Phi) is 3.50. The number of nitrogens with two attached hydrogens (primary N) is 1. The molecule has 0 aromatic heterocycles. The van der Waals surface area contributed by atoms with E-state index in [9.17, 15) is 4.39 Å². The topological polar surface area (TPSA) is 26.0 Å². The maximum Gasteiger partial charge on any atom is 0.123 e. The van der Waals surface area contributed by atoms with Crippen LogP contribution in [0.1, 0.15) is 50.7 Å². The van der Waals surface area contributed by atoms with Gasteiger partial charge in [0.05, 0.1) is 0 Å². The Morgan fingerprint density at radius 3 is 2.50 bits per heavy atom. The molecule has 2 rings (SSSR count). The van der Waals surface area contributed by atoms with Crippen molar-refractivity contribution in [3.05, 3.63) is 35.1 Å². The molecule has 1 fully saturated rings. The average molecular weight is 249 g/mol. The first kappa shape index (κ1) is 13.5. The first-order valence-corrected chi connectivity index (χ1v) is 6.88. The van der Waals surface area contributed by atoms with E-state index in [4.69, 9.17) is 5.73 Å². The van der Waals surface area contributed by atoms with E-state index in [1.54, 1.807) is 12.1 Å². The number of halogens is 1. The van der Waals surface area contributed by atoms with Crippen LogP contribution in [-0.4, -0.2) is 5.54 Å². The van der Waals surface area contributed by atoms with E-state index in [-0.39, 0.29) is 16.8 Å². The van der Waals surface area contributed by atoms with Gasteiger partial charge in [-0.15, -0.1) is 0 Å².